The van der Waals surface area contributed by atoms with Crippen LogP contribution >= 0.6 is 0 Å². The summed E-state index contributed by atoms with van der Waals surface area (Å²) in [5.41, 5.74) is 0.384. The van der Waals surface area contributed by atoms with Gasteiger partial charge in [-0.15, -0.1) is 0 Å². The van der Waals surface area contributed by atoms with Crippen molar-refractivity contribution in [3.63, 3.8) is 0 Å². The zero-order valence-corrected chi connectivity index (χ0v) is 9.62. The third-order valence-corrected chi connectivity index (χ3v) is 4.87. The molecular formula is C15H16O2. The van der Waals surface area contributed by atoms with Crippen LogP contribution in [0.5, 0.6) is 0 Å². The van der Waals surface area contributed by atoms with Crippen molar-refractivity contribution in [1.82, 2.24) is 0 Å². The fourth-order valence-corrected chi connectivity index (χ4v) is 4.11. The van der Waals surface area contributed by atoms with Crippen LogP contribution in [0.1, 0.15) is 5.56 Å². The Hall–Kier alpha value is -1.12. The maximum absolute atomic E-state index is 11.1. The molecule has 1 aromatic carbocycles. The Morgan fingerprint density at radius 2 is 1.59 bits per heavy atom. The van der Waals surface area contributed by atoms with E-state index in [9.17, 15) is 5.11 Å². The van der Waals surface area contributed by atoms with Crippen LogP contribution in [0.25, 0.3) is 0 Å². The monoisotopic (exact) mass is 228 g/mol. The molecule has 2 heteroatoms. The molecule has 2 bridgehead atoms. The normalized spacial score (nSPS) is 46.4. The van der Waals surface area contributed by atoms with Crippen LogP contribution in [0.3, 0.4) is 0 Å². The Morgan fingerprint density at radius 3 is 2.18 bits per heavy atom. The molecule has 2 nitrogen and oxygen atoms in total. The van der Waals surface area contributed by atoms with Crippen molar-refractivity contribution < 1.29 is 9.84 Å². The van der Waals surface area contributed by atoms with E-state index in [-0.39, 0.29) is 11.8 Å². The summed E-state index contributed by atoms with van der Waals surface area (Å²) in [6.07, 6.45) is 4.40. The fraction of sp³-hybridized carbons (Fsp3) is 0.467. The van der Waals surface area contributed by atoms with Crippen molar-refractivity contribution in [2.75, 3.05) is 13.2 Å². The molecule has 0 radical (unpaired) electrons. The van der Waals surface area contributed by atoms with Gasteiger partial charge in [0.1, 0.15) is 5.60 Å². The number of ether oxygens (including phenoxy) is 1. The quantitative estimate of drug-likeness (QED) is 0.744. The molecular weight excluding hydrogens is 212 g/mol. The molecule has 0 amide bonds. The summed E-state index contributed by atoms with van der Waals surface area (Å²) in [6, 6.07) is 10.1. The maximum atomic E-state index is 11.1. The predicted octanol–water partition coefficient (Wildman–Crippen LogP) is 1.95. The van der Waals surface area contributed by atoms with Crippen LogP contribution in [-0.4, -0.2) is 18.3 Å². The highest BCUT2D eigenvalue weighted by molar-refractivity contribution is 5.36. The third-order valence-electron chi connectivity index (χ3n) is 4.87. The smallest absolute Gasteiger partial charge is 0.103 e. The first kappa shape index (κ1) is 9.86. The topological polar surface area (TPSA) is 29.5 Å². The van der Waals surface area contributed by atoms with Gasteiger partial charge in [-0.05, 0) is 17.4 Å². The van der Waals surface area contributed by atoms with E-state index < -0.39 is 5.60 Å². The minimum absolute atomic E-state index is 0.238. The Balaban J connectivity index is 1.82. The molecule has 17 heavy (non-hydrogen) atoms. The first-order valence-electron chi connectivity index (χ1n) is 6.36. The zero-order chi connectivity index (χ0) is 11.5. The zero-order valence-electron chi connectivity index (χ0n) is 9.62. The highest BCUT2D eigenvalue weighted by Gasteiger charge is 2.62. The first-order valence-corrected chi connectivity index (χ1v) is 6.36. The van der Waals surface area contributed by atoms with Gasteiger partial charge >= 0.3 is 0 Å². The number of aliphatic hydroxyl groups is 1. The van der Waals surface area contributed by atoms with Crippen molar-refractivity contribution in [2.24, 2.45) is 23.7 Å². The van der Waals surface area contributed by atoms with E-state index in [1.165, 1.54) is 0 Å². The molecule has 4 rings (SSSR count). The molecule has 1 N–H and O–H groups in total. The van der Waals surface area contributed by atoms with Gasteiger partial charge in [0.25, 0.3) is 0 Å². The Labute approximate surface area is 101 Å². The molecule has 4 atom stereocenters. The van der Waals surface area contributed by atoms with Gasteiger partial charge in [-0.3, -0.25) is 0 Å². The Bertz CT molecular complexity index is 445. The van der Waals surface area contributed by atoms with Crippen LogP contribution in [-0.2, 0) is 10.3 Å². The molecule has 1 heterocycles. The lowest BCUT2D eigenvalue weighted by molar-refractivity contribution is -0.0247. The molecule has 1 saturated heterocycles. The van der Waals surface area contributed by atoms with E-state index in [2.05, 4.69) is 24.3 Å². The summed E-state index contributed by atoms with van der Waals surface area (Å²) in [5, 5.41) is 11.1. The highest BCUT2D eigenvalue weighted by atomic mass is 16.5. The van der Waals surface area contributed by atoms with Crippen LogP contribution in [0.15, 0.2) is 42.5 Å². The number of hydrogen-bond donors (Lipinski definition) is 1. The highest BCUT2D eigenvalue weighted by Crippen LogP contribution is 2.60. The molecule has 0 spiro atoms. The summed E-state index contributed by atoms with van der Waals surface area (Å²) in [4.78, 5) is 0. The summed E-state index contributed by atoms with van der Waals surface area (Å²) in [5.74, 6) is 1.50. The van der Waals surface area contributed by atoms with Crippen LogP contribution in [0.2, 0.25) is 0 Å². The minimum Gasteiger partial charge on any atom is -0.384 e. The van der Waals surface area contributed by atoms with Gasteiger partial charge in [0.2, 0.25) is 0 Å². The van der Waals surface area contributed by atoms with Crippen LogP contribution in [0, 0.1) is 23.7 Å². The lowest BCUT2D eigenvalue weighted by Gasteiger charge is -2.31. The third kappa shape index (κ3) is 1.08. The standard InChI is InChI=1S/C15H16O2/c16-15(10-4-2-1-3-5-10)13-6-7-14(15)12-9-17-8-11(12)13/h1-7,11-14,16H,8-9H2. The van der Waals surface area contributed by atoms with E-state index in [1.807, 2.05) is 18.2 Å². The van der Waals surface area contributed by atoms with Crippen molar-refractivity contribution in [3.8, 4) is 0 Å². The van der Waals surface area contributed by atoms with Gasteiger partial charge < -0.3 is 9.84 Å². The van der Waals surface area contributed by atoms with Crippen molar-refractivity contribution in [1.29, 1.82) is 0 Å². The van der Waals surface area contributed by atoms with E-state index in [0.717, 1.165) is 18.8 Å². The number of hydrogen-bond acceptors (Lipinski definition) is 2. The van der Waals surface area contributed by atoms with Gasteiger partial charge in [0.05, 0.1) is 13.2 Å². The van der Waals surface area contributed by atoms with Gasteiger partial charge in [0, 0.05) is 11.8 Å². The van der Waals surface area contributed by atoms with Crippen molar-refractivity contribution >= 4 is 0 Å². The van der Waals surface area contributed by atoms with E-state index in [0.29, 0.717) is 11.8 Å². The lowest BCUT2D eigenvalue weighted by atomic mass is 9.81. The number of fused-ring (bicyclic) bond motifs is 5. The molecule has 3 aliphatic rings. The molecule has 1 saturated carbocycles. The second kappa shape index (κ2) is 3.21. The summed E-state index contributed by atoms with van der Waals surface area (Å²) < 4.78 is 5.57. The van der Waals surface area contributed by atoms with Gasteiger partial charge in [-0.2, -0.15) is 0 Å². The molecule has 1 aromatic rings. The minimum atomic E-state index is -0.680. The van der Waals surface area contributed by atoms with Gasteiger partial charge in [-0.25, -0.2) is 0 Å². The van der Waals surface area contributed by atoms with Gasteiger partial charge in [0.15, 0.2) is 0 Å². The molecule has 4 unspecified atom stereocenters. The average molecular weight is 228 g/mol. The second-order valence-corrected chi connectivity index (χ2v) is 5.49. The fourth-order valence-electron chi connectivity index (χ4n) is 4.11. The summed E-state index contributed by atoms with van der Waals surface area (Å²) in [7, 11) is 0. The SMILES string of the molecule is OC1(c2ccccc2)C2C=CC1C1COCC12. The average Bonchev–Trinajstić information content (AvgIpc) is 3.02. The predicted molar refractivity (Wildman–Crippen MR) is 64.3 cm³/mol. The largest absolute Gasteiger partial charge is 0.384 e. The lowest BCUT2D eigenvalue weighted by Crippen LogP contribution is -2.34. The van der Waals surface area contributed by atoms with Crippen LogP contribution < -0.4 is 0 Å². The van der Waals surface area contributed by atoms with E-state index in [1.54, 1.807) is 0 Å². The van der Waals surface area contributed by atoms with Crippen molar-refractivity contribution in [3.05, 3.63) is 48.0 Å². The molecule has 2 aliphatic carbocycles. The Morgan fingerprint density at radius 1 is 1.00 bits per heavy atom. The van der Waals surface area contributed by atoms with E-state index >= 15 is 0 Å². The van der Waals surface area contributed by atoms with Crippen LogP contribution in [0.4, 0.5) is 0 Å². The maximum Gasteiger partial charge on any atom is 0.103 e. The van der Waals surface area contributed by atoms with Gasteiger partial charge in [-0.1, -0.05) is 42.5 Å². The first-order chi connectivity index (χ1) is 8.32. The summed E-state index contributed by atoms with van der Waals surface area (Å²) in [6.45, 7) is 1.62. The molecule has 88 valence electrons. The summed E-state index contributed by atoms with van der Waals surface area (Å²) >= 11 is 0. The number of benzene rings is 1. The van der Waals surface area contributed by atoms with Crippen molar-refractivity contribution in [2.45, 2.75) is 5.60 Å². The molecule has 1 aliphatic heterocycles. The van der Waals surface area contributed by atoms with E-state index in [4.69, 9.17) is 4.74 Å². The number of rotatable bonds is 1. The molecule has 2 fully saturated rings. The second-order valence-electron chi connectivity index (χ2n) is 5.49. The Kier molecular flexibility index (Phi) is 1.86. The molecule has 0 aromatic heterocycles.